The van der Waals surface area contributed by atoms with Crippen LogP contribution in [-0.2, 0) is 4.79 Å². The fourth-order valence-electron chi connectivity index (χ4n) is 2.89. The number of hydrogen-bond acceptors (Lipinski definition) is 3. The Hall–Kier alpha value is -1.75. The van der Waals surface area contributed by atoms with Gasteiger partial charge in [0.05, 0.1) is 11.0 Å². The zero-order valence-electron chi connectivity index (χ0n) is 14.1. The molecule has 0 spiro atoms. The molecule has 1 aromatic heterocycles. The summed E-state index contributed by atoms with van der Waals surface area (Å²) in [5, 5.41) is 3.58. The number of nitrogen functional groups attached to an aromatic ring is 1. The van der Waals surface area contributed by atoms with E-state index in [1.165, 1.54) is 0 Å². The van der Waals surface area contributed by atoms with Gasteiger partial charge in [-0.1, -0.05) is 25.4 Å². The molecule has 0 bridgehead atoms. The summed E-state index contributed by atoms with van der Waals surface area (Å²) < 4.78 is 1.96. The van der Waals surface area contributed by atoms with Gasteiger partial charge in [-0.3, -0.25) is 4.79 Å². The Balaban J connectivity index is 2.39. The van der Waals surface area contributed by atoms with Crippen LogP contribution in [0.2, 0.25) is 5.02 Å². The zero-order valence-corrected chi connectivity index (χ0v) is 14.9. The SMILES string of the molecule is CC(C)C[C@H](CC(=O)NC(C)C)n1c(N)nc2cc(Cl)ccc21. The molecule has 1 aromatic carbocycles. The van der Waals surface area contributed by atoms with Crippen molar-refractivity contribution >= 4 is 34.5 Å². The topological polar surface area (TPSA) is 72.9 Å². The largest absolute Gasteiger partial charge is 0.369 e. The van der Waals surface area contributed by atoms with Crippen LogP contribution in [0.3, 0.4) is 0 Å². The van der Waals surface area contributed by atoms with Crippen LogP contribution >= 0.6 is 11.6 Å². The molecule has 5 nitrogen and oxygen atoms in total. The molecule has 1 atom stereocenters. The van der Waals surface area contributed by atoms with Crippen molar-refractivity contribution in [1.29, 1.82) is 0 Å². The lowest BCUT2D eigenvalue weighted by atomic mass is 10.00. The van der Waals surface area contributed by atoms with Gasteiger partial charge in [-0.05, 0) is 44.4 Å². The molecule has 0 aliphatic rings. The van der Waals surface area contributed by atoms with Crippen LogP contribution in [0, 0.1) is 5.92 Å². The number of benzene rings is 1. The van der Waals surface area contributed by atoms with Gasteiger partial charge < -0.3 is 15.6 Å². The van der Waals surface area contributed by atoms with E-state index in [4.69, 9.17) is 17.3 Å². The molecule has 1 amide bonds. The number of aromatic nitrogens is 2. The van der Waals surface area contributed by atoms with Gasteiger partial charge in [-0.15, -0.1) is 0 Å². The first-order chi connectivity index (χ1) is 10.8. The first-order valence-electron chi connectivity index (χ1n) is 8.00. The van der Waals surface area contributed by atoms with Crippen molar-refractivity contribution < 1.29 is 4.79 Å². The summed E-state index contributed by atoms with van der Waals surface area (Å²) in [6.07, 6.45) is 1.23. The van der Waals surface area contributed by atoms with Crippen LogP contribution in [-0.4, -0.2) is 21.5 Å². The molecule has 0 aliphatic heterocycles. The first-order valence-corrected chi connectivity index (χ1v) is 8.38. The maximum Gasteiger partial charge on any atom is 0.222 e. The second-order valence-corrected chi connectivity index (χ2v) is 7.12. The summed E-state index contributed by atoms with van der Waals surface area (Å²) in [5.41, 5.74) is 7.80. The number of rotatable bonds is 6. The smallest absolute Gasteiger partial charge is 0.222 e. The minimum Gasteiger partial charge on any atom is -0.369 e. The number of nitrogens with two attached hydrogens (primary N) is 1. The summed E-state index contributed by atoms with van der Waals surface area (Å²) in [4.78, 5) is 16.6. The lowest BCUT2D eigenvalue weighted by Crippen LogP contribution is -2.32. The third-order valence-corrected chi connectivity index (χ3v) is 3.89. The van der Waals surface area contributed by atoms with E-state index in [-0.39, 0.29) is 18.0 Å². The van der Waals surface area contributed by atoms with Gasteiger partial charge in [0.1, 0.15) is 0 Å². The standard InChI is InChI=1S/C17H25ClN4O/c1-10(2)7-13(9-16(23)20-11(3)4)22-15-6-5-12(18)8-14(15)21-17(22)19/h5-6,8,10-11,13H,7,9H2,1-4H3,(H2,19,21)(H,20,23)/t13-/m1/s1. The van der Waals surface area contributed by atoms with Crippen LogP contribution in [0.4, 0.5) is 5.95 Å². The van der Waals surface area contributed by atoms with E-state index in [0.717, 1.165) is 17.5 Å². The Bertz CT molecular complexity index is 693. The highest BCUT2D eigenvalue weighted by Gasteiger charge is 2.22. The quantitative estimate of drug-likeness (QED) is 0.843. The molecule has 2 aromatic rings. The number of hydrogen-bond donors (Lipinski definition) is 2. The molecule has 126 valence electrons. The molecule has 3 N–H and O–H groups in total. The molecular weight excluding hydrogens is 312 g/mol. The van der Waals surface area contributed by atoms with Crippen LogP contribution < -0.4 is 11.1 Å². The molecule has 1 heterocycles. The lowest BCUT2D eigenvalue weighted by molar-refractivity contribution is -0.122. The number of amides is 1. The third-order valence-electron chi connectivity index (χ3n) is 3.66. The van der Waals surface area contributed by atoms with Crippen LogP contribution in [0.1, 0.15) is 46.6 Å². The molecule has 0 fully saturated rings. The summed E-state index contributed by atoms with van der Waals surface area (Å²) in [6, 6.07) is 5.62. The normalized spacial score (nSPS) is 13.0. The van der Waals surface area contributed by atoms with Gasteiger partial charge in [0.25, 0.3) is 0 Å². The Kier molecular flexibility index (Phi) is 5.52. The maximum absolute atomic E-state index is 12.2. The monoisotopic (exact) mass is 336 g/mol. The molecule has 0 radical (unpaired) electrons. The van der Waals surface area contributed by atoms with Crippen LogP contribution in [0.5, 0.6) is 0 Å². The maximum atomic E-state index is 12.2. The predicted molar refractivity (Wildman–Crippen MR) is 95.5 cm³/mol. The average Bonchev–Trinajstić information content (AvgIpc) is 2.71. The average molecular weight is 337 g/mol. The molecule has 0 unspecified atom stereocenters. The number of nitrogens with zero attached hydrogens (tertiary/aromatic N) is 2. The van der Waals surface area contributed by atoms with Gasteiger partial charge in [0.2, 0.25) is 11.9 Å². The summed E-state index contributed by atoms with van der Waals surface area (Å²) in [6.45, 7) is 8.19. The summed E-state index contributed by atoms with van der Waals surface area (Å²) in [5.74, 6) is 0.891. The van der Waals surface area contributed by atoms with Crippen molar-refractivity contribution in [3.8, 4) is 0 Å². The number of nitrogens with one attached hydrogen (secondary N) is 1. The van der Waals surface area contributed by atoms with E-state index in [2.05, 4.69) is 24.1 Å². The van der Waals surface area contributed by atoms with Gasteiger partial charge in [0.15, 0.2) is 0 Å². The van der Waals surface area contributed by atoms with E-state index >= 15 is 0 Å². The van der Waals surface area contributed by atoms with E-state index < -0.39 is 0 Å². The Morgan fingerprint density at radius 2 is 2.04 bits per heavy atom. The van der Waals surface area contributed by atoms with E-state index in [1.54, 1.807) is 6.07 Å². The second kappa shape index (κ2) is 7.21. The van der Waals surface area contributed by atoms with E-state index in [1.807, 2.05) is 30.5 Å². The van der Waals surface area contributed by atoms with Gasteiger partial charge >= 0.3 is 0 Å². The van der Waals surface area contributed by atoms with E-state index in [9.17, 15) is 4.79 Å². The number of halogens is 1. The highest BCUT2D eigenvalue weighted by Crippen LogP contribution is 2.30. The van der Waals surface area contributed by atoms with Crippen molar-refractivity contribution in [2.45, 2.75) is 52.6 Å². The number of fused-ring (bicyclic) bond motifs is 1. The Morgan fingerprint density at radius 3 is 2.65 bits per heavy atom. The minimum absolute atomic E-state index is 0.0278. The Labute approximate surface area is 142 Å². The zero-order chi connectivity index (χ0) is 17.1. The lowest BCUT2D eigenvalue weighted by Gasteiger charge is -2.23. The fourth-order valence-corrected chi connectivity index (χ4v) is 3.06. The molecular formula is C17H25ClN4O. The molecule has 0 saturated carbocycles. The van der Waals surface area contributed by atoms with Gasteiger partial charge in [0, 0.05) is 23.5 Å². The van der Waals surface area contributed by atoms with Gasteiger partial charge in [-0.2, -0.15) is 0 Å². The predicted octanol–water partition coefficient (Wildman–Crippen LogP) is 3.77. The Morgan fingerprint density at radius 1 is 1.35 bits per heavy atom. The van der Waals surface area contributed by atoms with Crippen molar-refractivity contribution in [1.82, 2.24) is 14.9 Å². The van der Waals surface area contributed by atoms with Crippen molar-refractivity contribution in [3.05, 3.63) is 23.2 Å². The van der Waals surface area contributed by atoms with Crippen molar-refractivity contribution in [2.75, 3.05) is 5.73 Å². The highest BCUT2D eigenvalue weighted by atomic mass is 35.5. The number of anilines is 1. The summed E-state index contributed by atoms with van der Waals surface area (Å²) >= 11 is 6.03. The molecule has 23 heavy (non-hydrogen) atoms. The molecule has 0 aliphatic carbocycles. The van der Waals surface area contributed by atoms with Crippen LogP contribution in [0.25, 0.3) is 11.0 Å². The minimum atomic E-state index is -0.0278. The van der Waals surface area contributed by atoms with Crippen molar-refractivity contribution in [2.24, 2.45) is 5.92 Å². The van der Waals surface area contributed by atoms with Crippen LogP contribution in [0.15, 0.2) is 18.2 Å². The first kappa shape index (κ1) is 17.6. The van der Waals surface area contributed by atoms with Crippen molar-refractivity contribution in [3.63, 3.8) is 0 Å². The molecule has 0 saturated heterocycles. The summed E-state index contributed by atoms with van der Waals surface area (Å²) in [7, 11) is 0. The molecule has 2 rings (SSSR count). The molecule has 6 heteroatoms. The number of carbonyl (C=O) groups excluding carboxylic acids is 1. The number of carbonyl (C=O) groups is 1. The second-order valence-electron chi connectivity index (χ2n) is 6.68. The van der Waals surface area contributed by atoms with E-state index in [0.29, 0.717) is 23.3 Å². The fraction of sp³-hybridized carbons (Fsp3) is 0.529. The van der Waals surface area contributed by atoms with Gasteiger partial charge in [-0.25, -0.2) is 4.98 Å². The third kappa shape index (κ3) is 4.38. The number of imidazole rings is 1. The highest BCUT2D eigenvalue weighted by molar-refractivity contribution is 6.31.